The van der Waals surface area contributed by atoms with E-state index in [2.05, 4.69) is 10.3 Å². The Morgan fingerprint density at radius 1 is 1.31 bits per heavy atom. The molecule has 8 nitrogen and oxygen atoms in total. The van der Waals surface area contributed by atoms with E-state index in [1.165, 1.54) is 11.5 Å². The van der Waals surface area contributed by atoms with Gasteiger partial charge in [-0.05, 0) is 24.3 Å². The molecule has 2 aromatic heterocycles. The van der Waals surface area contributed by atoms with Gasteiger partial charge in [-0.25, -0.2) is 4.98 Å². The smallest absolute Gasteiger partial charge is 0.265 e. The number of pyridine rings is 1. The van der Waals surface area contributed by atoms with E-state index < -0.39 is 6.61 Å². The van der Waals surface area contributed by atoms with Crippen molar-refractivity contribution in [2.45, 2.75) is 14.0 Å². The maximum absolute atomic E-state index is 12.6. The van der Waals surface area contributed by atoms with Crippen LogP contribution in [-0.4, -0.2) is 28.4 Å². The molecule has 0 unspecified atom stereocenters. The van der Waals surface area contributed by atoms with Crippen LogP contribution in [0.3, 0.4) is 0 Å². The predicted molar refractivity (Wildman–Crippen MR) is 96.5 cm³/mol. The molecule has 0 aliphatic carbocycles. The monoisotopic (exact) mass is 357 g/mol. The van der Waals surface area contributed by atoms with Crippen molar-refractivity contribution in [3.8, 4) is 17.2 Å². The standard InChI is InChI=1S/C17H15N3O5.CH4/c1-23-13-3-2-6-20-16(13)19-15(11(8-21)17(20)22)18-10-4-5-12-14(7-10)25-9-24-12;/h2-7,18,21H,8-9H2,1H3;1H4. The van der Waals surface area contributed by atoms with Gasteiger partial charge in [0.05, 0.1) is 19.3 Å². The van der Waals surface area contributed by atoms with Crippen molar-refractivity contribution < 1.29 is 19.3 Å². The number of aliphatic hydroxyl groups is 1. The molecular weight excluding hydrogens is 338 g/mol. The summed E-state index contributed by atoms with van der Waals surface area (Å²) in [4.78, 5) is 17.1. The van der Waals surface area contributed by atoms with Crippen LogP contribution in [0, 0.1) is 0 Å². The molecule has 4 rings (SSSR count). The Balaban J connectivity index is 0.00000196. The average Bonchev–Trinajstić information content (AvgIpc) is 3.09. The lowest BCUT2D eigenvalue weighted by atomic mass is 10.2. The highest BCUT2D eigenvalue weighted by atomic mass is 16.7. The minimum absolute atomic E-state index is 0. The molecule has 0 radical (unpaired) electrons. The van der Waals surface area contributed by atoms with Gasteiger partial charge in [-0.2, -0.15) is 0 Å². The van der Waals surface area contributed by atoms with E-state index in [0.29, 0.717) is 28.6 Å². The maximum atomic E-state index is 12.6. The van der Waals surface area contributed by atoms with E-state index in [4.69, 9.17) is 14.2 Å². The van der Waals surface area contributed by atoms with Crippen molar-refractivity contribution in [2.75, 3.05) is 19.2 Å². The minimum Gasteiger partial charge on any atom is -0.493 e. The molecule has 8 heteroatoms. The molecule has 3 heterocycles. The molecule has 2 N–H and O–H groups in total. The summed E-state index contributed by atoms with van der Waals surface area (Å²) < 4.78 is 17.2. The molecule has 136 valence electrons. The van der Waals surface area contributed by atoms with Gasteiger partial charge in [0, 0.05) is 18.0 Å². The molecule has 26 heavy (non-hydrogen) atoms. The second-order valence-corrected chi connectivity index (χ2v) is 5.37. The number of rotatable bonds is 4. The number of hydrogen-bond acceptors (Lipinski definition) is 7. The Bertz CT molecular complexity index is 1020. The fourth-order valence-corrected chi connectivity index (χ4v) is 2.69. The summed E-state index contributed by atoms with van der Waals surface area (Å²) in [6, 6.07) is 8.68. The lowest BCUT2D eigenvalue weighted by molar-refractivity contribution is 0.174. The van der Waals surface area contributed by atoms with Gasteiger partial charge >= 0.3 is 0 Å². The molecule has 0 saturated carbocycles. The summed E-state index contributed by atoms with van der Waals surface area (Å²) in [6.07, 6.45) is 1.58. The first-order chi connectivity index (χ1) is 12.2. The van der Waals surface area contributed by atoms with Crippen molar-refractivity contribution in [1.82, 2.24) is 9.38 Å². The number of nitrogens with zero attached hydrogens (tertiary/aromatic N) is 2. The summed E-state index contributed by atoms with van der Waals surface area (Å²) in [5.74, 6) is 1.97. The molecular formula is C18H19N3O5. The van der Waals surface area contributed by atoms with Crippen molar-refractivity contribution >= 4 is 17.2 Å². The van der Waals surface area contributed by atoms with Crippen LogP contribution in [-0.2, 0) is 6.61 Å². The van der Waals surface area contributed by atoms with Gasteiger partial charge in [-0.3, -0.25) is 9.20 Å². The third-order valence-corrected chi connectivity index (χ3v) is 3.93. The Morgan fingerprint density at radius 2 is 2.12 bits per heavy atom. The Kier molecular flexibility index (Phi) is 4.68. The normalized spacial score (nSPS) is 11.9. The van der Waals surface area contributed by atoms with Crippen molar-refractivity contribution in [2.24, 2.45) is 0 Å². The van der Waals surface area contributed by atoms with Gasteiger partial charge in [0.2, 0.25) is 6.79 Å². The first-order valence-corrected chi connectivity index (χ1v) is 7.57. The average molecular weight is 357 g/mol. The highest BCUT2D eigenvalue weighted by Crippen LogP contribution is 2.35. The largest absolute Gasteiger partial charge is 0.493 e. The van der Waals surface area contributed by atoms with Crippen LogP contribution in [0.4, 0.5) is 11.5 Å². The number of anilines is 2. The summed E-state index contributed by atoms with van der Waals surface area (Å²) in [5.41, 5.74) is 0.804. The number of methoxy groups -OCH3 is 1. The molecule has 1 aliphatic heterocycles. The van der Waals surface area contributed by atoms with E-state index in [1.807, 2.05) is 0 Å². The zero-order valence-corrected chi connectivity index (χ0v) is 13.4. The Labute approximate surface area is 149 Å². The third kappa shape index (κ3) is 2.80. The zero-order chi connectivity index (χ0) is 17.4. The molecule has 0 saturated heterocycles. The molecule has 1 aliphatic rings. The van der Waals surface area contributed by atoms with Crippen LogP contribution >= 0.6 is 0 Å². The highest BCUT2D eigenvalue weighted by Gasteiger charge is 2.17. The van der Waals surface area contributed by atoms with Gasteiger partial charge in [0.25, 0.3) is 5.56 Å². The van der Waals surface area contributed by atoms with Crippen LogP contribution in [0.2, 0.25) is 0 Å². The number of nitrogens with one attached hydrogen (secondary N) is 1. The first-order valence-electron chi connectivity index (χ1n) is 7.57. The van der Waals surface area contributed by atoms with Crippen LogP contribution in [0.5, 0.6) is 17.2 Å². The Hall–Kier alpha value is -3.26. The SMILES string of the molecule is C.COc1cccn2c(=O)c(CO)c(Nc3ccc4c(c3)OCO4)nc12. The van der Waals surface area contributed by atoms with E-state index in [-0.39, 0.29) is 31.2 Å². The first kappa shape index (κ1) is 17.6. The van der Waals surface area contributed by atoms with E-state index >= 15 is 0 Å². The molecule has 0 spiro atoms. The van der Waals surface area contributed by atoms with Gasteiger partial charge in [0.1, 0.15) is 5.82 Å². The quantitative estimate of drug-likeness (QED) is 0.740. The lowest BCUT2D eigenvalue weighted by Gasteiger charge is -2.13. The predicted octanol–water partition coefficient (Wildman–Crippen LogP) is 2.30. The molecule has 3 aromatic rings. The zero-order valence-electron chi connectivity index (χ0n) is 13.4. The summed E-state index contributed by atoms with van der Waals surface area (Å²) in [5, 5.41) is 12.7. The highest BCUT2D eigenvalue weighted by molar-refractivity contribution is 5.66. The number of fused-ring (bicyclic) bond motifs is 2. The number of ether oxygens (including phenoxy) is 3. The van der Waals surface area contributed by atoms with Gasteiger partial charge in [-0.15, -0.1) is 0 Å². The topological polar surface area (TPSA) is 94.3 Å². The second-order valence-electron chi connectivity index (χ2n) is 5.37. The van der Waals surface area contributed by atoms with Crippen molar-refractivity contribution in [3.05, 3.63) is 52.4 Å². The van der Waals surface area contributed by atoms with Crippen molar-refractivity contribution in [1.29, 1.82) is 0 Å². The van der Waals surface area contributed by atoms with Crippen molar-refractivity contribution in [3.63, 3.8) is 0 Å². The lowest BCUT2D eigenvalue weighted by Crippen LogP contribution is -2.22. The molecule has 0 fully saturated rings. The molecule has 0 amide bonds. The second kappa shape index (κ2) is 6.93. The number of hydrogen-bond donors (Lipinski definition) is 2. The van der Waals surface area contributed by atoms with Crippen LogP contribution in [0.1, 0.15) is 13.0 Å². The van der Waals surface area contributed by atoms with Crippen LogP contribution in [0.15, 0.2) is 41.3 Å². The molecule has 1 aromatic carbocycles. The number of aromatic nitrogens is 2. The molecule has 0 bridgehead atoms. The summed E-state index contributed by atoms with van der Waals surface area (Å²) in [7, 11) is 1.51. The number of aliphatic hydroxyl groups excluding tert-OH is 1. The fraction of sp³-hybridized carbons (Fsp3) is 0.222. The third-order valence-electron chi connectivity index (χ3n) is 3.93. The van der Waals surface area contributed by atoms with Gasteiger partial charge in [-0.1, -0.05) is 7.43 Å². The maximum Gasteiger partial charge on any atom is 0.265 e. The van der Waals surface area contributed by atoms with Gasteiger partial charge in [0.15, 0.2) is 22.9 Å². The van der Waals surface area contributed by atoms with Crippen LogP contribution in [0.25, 0.3) is 5.65 Å². The summed E-state index contributed by atoms with van der Waals surface area (Å²) >= 11 is 0. The number of benzene rings is 1. The summed E-state index contributed by atoms with van der Waals surface area (Å²) in [6.45, 7) is -0.272. The van der Waals surface area contributed by atoms with E-state index in [9.17, 15) is 9.90 Å². The van der Waals surface area contributed by atoms with E-state index in [1.54, 1.807) is 36.5 Å². The molecule has 0 atom stereocenters. The fourth-order valence-electron chi connectivity index (χ4n) is 2.69. The van der Waals surface area contributed by atoms with Gasteiger partial charge < -0.3 is 24.6 Å². The van der Waals surface area contributed by atoms with E-state index in [0.717, 1.165) is 0 Å². The van der Waals surface area contributed by atoms with Crippen LogP contribution < -0.4 is 25.1 Å². The Morgan fingerprint density at radius 3 is 2.88 bits per heavy atom. The minimum atomic E-state index is -0.446.